The van der Waals surface area contributed by atoms with E-state index < -0.39 is 0 Å². The molecule has 2 bridgehead atoms. The first-order chi connectivity index (χ1) is 7.24. The number of likely N-dealkylation sites (N-methyl/N-ethyl adjacent to an activating group) is 1. The Labute approximate surface area is 91.4 Å². The summed E-state index contributed by atoms with van der Waals surface area (Å²) in [5.41, 5.74) is 0. The summed E-state index contributed by atoms with van der Waals surface area (Å²) in [5, 5.41) is 0. The van der Waals surface area contributed by atoms with E-state index in [0.29, 0.717) is 11.7 Å². The molecule has 2 heterocycles. The average molecular weight is 208 g/mol. The fourth-order valence-electron chi connectivity index (χ4n) is 3.41. The molecule has 15 heavy (non-hydrogen) atoms. The first-order valence-electron chi connectivity index (χ1n) is 6.21. The van der Waals surface area contributed by atoms with Crippen molar-refractivity contribution in [2.75, 3.05) is 26.7 Å². The number of rotatable bonds is 2. The van der Waals surface area contributed by atoms with Gasteiger partial charge in [0.2, 0.25) is 0 Å². The highest BCUT2D eigenvalue weighted by Crippen LogP contribution is 2.33. The number of hydrogen-bond acceptors (Lipinski definition) is 3. The molecule has 0 amide bonds. The Kier molecular flexibility index (Phi) is 2.33. The molecule has 0 aromatic carbocycles. The third kappa shape index (κ3) is 1.62. The van der Waals surface area contributed by atoms with Crippen molar-refractivity contribution >= 4 is 5.78 Å². The van der Waals surface area contributed by atoms with Gasteiger partial charge in [-0.25, -0.2) is 0 Å². The Bertz CT molecular complexity index is 265. The van der Waals surface area contributed by atoms with Gasteiger partial charge in [-0.1, -0.05) is 0 Å². The van der Waals surface area contributed by atoms with Crippen LogP contribution in [0.5, 0.6) is 0 Å². The third-order valence-corrected chi connectivity index (χ3v) is 4.44. The van der Waals surface area contributed by atoms with E-state index in [1.54, 1.807) is 0 Å². The van der Waals surface area contributed by atoms with Crippen LogP contribution in [0.15, 0.2) is 0 Å². The van der Waals surface area contributed by atoms with Crippen molar-refractivity contribution < 1.29 is 4.79 Å². The van der Waals surface area contributed by atoms with Crippen LogP contribution in [-0.4, -0.2) is 54.3 Å². The maximum atomic E-state index is 11.4. The van der Waals surface area contributed by atoms with E-state index in [1.165, 1.54) is 25.9 Å². The predicted octanol–water partition coefficient (Wildman–Crippen LogP) is 0.744. The summed E-state index contributed by atoms with van der Waals surface area (Å²) in [5.74, 6) is 0.893. The summed E-state index contributed by atoms with van der Waals surface area (Å²) in [6.07, 6.45) is 4.67. The molecule has 0 spiro atoms. The van der Waals surface area contributed by atoms with Crippen molar-refractivity contribution in [2.45, 2.75) is 37.8 Å². The van der Waals surface area contributed by atoms with Gasteiger partial charge < -0.3 is 4.90 Å². The van der Waals surface area contributed by atoms with E-state index in [2.05, 4.69) is 16.8 Å². The van der Waals surface area contributed by atoms with E-state index in [9.17, 15) is 4.79 Å². The fourth-order valence-corrected chi connectivity index (χ4v) is 3.41. The average Bonchev–Trinajstić information content (AvgIpc) is 2.43. The molecule has 3 aliphatic rings. The second kappa shape index (κ2) is 3.56. The Hall–Kier alpha value is -0.410. The number of likely N-dealkylation sites (tertiary alicyclic amines) is 1. The number of nitrogens with zero attached hydrogens (tertiary/aromatic N) is 2. The Morgan fingerprint density at radius 3 is 2.33 bits per heavy atom. The first-order valence-corrected chi connectivity index (χ1v) is 6.21. The van der Waals surface area contributed by atoms with Gasteiger partial charge in [-0.2, -0.15) is 0 Å². The summed E-state index contributed by atoms with van der Waals surface area (Å²) < 4.78 is 0. The third-order valence-electron chi connectivity index (χ3n) is 4.44. The molecule has 3 nitrogen and oxygen atoms in total. The van der Waals surface area contributed by atoms with Gasteiger partial charge in [0.25, 0.3) is 0 Å². The maximum absolute atomic E-state index is 11.4. The predicted molar refractivity (Wildman–Crippen MR) is 58.7 cm³/mol. The molecule has 0 N–H and O–H groups in total. The molecule has 2 aliphatic heterocycles. The van der Waals surface area contributed by atoms with Gasteiger partial charge in [0.1, 0.15) is 5.78 Å². The number of carbonyl (C=O) groups excluding carboxylic acids is 1. The molecule has 0 radical (unpaired) electrons. The zero-order valence-corrected chi connectivity index (χ0v) is 9.48. The van der Waals surface area contributed by atoms with Crippen LogP contribution in [0.25, 0.3) is 0 Å². The summed E-state index contributed by atoms with van der Waals surface area (Å²) >= 11 is 0. The normalized spacial score (nSPS) is 41.9. The molecule has 1 saturated carbocycles. The number of ketones is 1. The summed E-state index contributed by atoms with van der Waals surface area (Å²) in [4.78, 5) is 16.4. The van der Waals surface area contributed by atoms with Crippen LogP contribution in [0.4, 0.5) is 0 Å². The van der Waals surface area contributed by atoms with E-state index in [4.69, 9.17) is 0 Å². The highest BCUT2D eigenvalue weighted by atomic mass is 16.1. The summed E-state index contributed by atoms with van der Waals surface area (Å²) in [6.45, 7) is 3.47. The number of fused-ring (bicyclic) bond motifs is 2. The van der Waals surface area contributed by atoms with Crippen LogP contribution in [0.3, 0.4) is 0 Å². The topological polar surface area (TPSA) is 23.6 Å². The maximum Gasteiger partial charge on any atom is 0.137 e. The Morgan fingerprint density at radius 2 is 1.87 bits per heavy atom. The van der Waals surface area contributed by atoms with Gasteiger partial charge >= 0.3 is 0 Å². The van der Waals surface area contributed by atoms with Crippen LogP contribution in [0.2, 0.25) is 0 Å². The minimum atomic E-state index is 0.386. The van der Waals surface area contributed by atoms with Gasteiger partial charge in [0.05, 0.1) is 0 Å². The number of carbonyl (C=O) groups is 1. The van der Waals surface area contributed by atoms with Crippen molar-refractivity contribution in [1.29, 1.82) is 0 Å². The molecule has 3 rings (SSSR count). The smallest absolute Gasteiger partial charge is 0.137 e. The van der Waals surface area contributed by atoms with E-state index in [0.717, 1.165) is 31.5 Å². The molecule has 3 atom stereocenters. The lowest BCUT2D eigenvalue weighted by molar-refractivity contribution is -0.130. The molecule has 3 heteroatoms. The van der Waals surface area contributed by atoms with Crippen LogP contribution < -0.4 is 0 Å². The minimum Gasteiger partial charge on any atom is -0.303 e. The Morgan fingerprint density at radius 1 is 1.20 bits per heavy atom. The zero-order chi connectivity index (χ0) is 10.4. The second-order valence-electron chi connectivity index (χ2n) is 5.50. The molecule has 0 aromatic rings. The number of piperazine rings is 1. The van der Waals surface area contributed by atoms with E-state index >= 15 is 0 Å². The molecule has 3 fully saturated rings. The van der Waals surface area contributed by atoms with Crippen molar-refractivity contribution in [2.24, 2.45) is 5.92 Å². The molecule has 84 valence electrons. The van der Waals surface area contributed by atoms with Gasteiger partial charge in [-0.3, -0.25) is 9.69 Å². The second-order valence-corrected chi connectivity index (χ2v) is 5.50. The van der Waals surface area contributed by atoms with E-state index in [-0.39, 0.29) is 0 Å². The largest absolute Gasteiger partial charge is 0.303 e. The number of Topliss-reactive ketones (excluding diaryl/α,β-unsaturated/α-hetero) is 1. The lowest BCUT2D eigenvalue weighted by atomic mass is 9.83. The Balaban J connectivity index is 1.64. The molecule has 0 aromatic heterocycles. The first kappa shape index (κ1) is 9.79. The van der Waals surface area contributed by atoms with Crippen LogP contribution in [0, 0.1) is 5.92 Å². The van der Waals surface area contributed by atoms with Gasteiger partial charge in [0.15, 0.2) is 0 Å². The van der Waals surface area contributed by atoms with E-state index in [1.807, 2.05) is 0 Å². The number of hydrogen-bond donors (Lipinski definition) is 0. The van der Waals surface area contributed by atoms with Crippen molar-refractivity contribution in [3.05, 3.63) is 0 Å². The van der Waals surface area contributed by atoms with Crippen molar-refractivity contribution in [3.8, 4) is 0 Å². The highest BCUT2D eigenvalue weighted by molar-refractivity contribution is 5.86. The SMILES string of the molecule is CN1CC2CCC(C1)N2CC1CCC1=O. The molecule has 3 unspecified atom stereocenters. The van der Waals surface area contributed by atoms with Gasteiger partial charge in [0, 0.05) is 44.1 Å². The van der Waals surface area contributed by atoms with Crippen molar-refractivity contribution in [1.82, 2.24) is 9.80 Å². The molecule has 2 saturated heterocycles. The van der Waals surface area contributed by atoms with Gasteiger partial charge in [-0.15, -0.1) is 0 Å². The highest BCUT2D eigenvalue weighted by Gasteiger charge is 2.41. The molecular weight excluding hydrogens is 188 g/mol. The summed E-state index contributed by atoms with van der Waals surface area (Å²) in [7, 11) is 2.22. The van der Waals surface area contributed by atoms with Gasteiger partial charge in [-0.05, 0) is 26.3 Å². The van der Waals surface area contributed by atoms with Crippen LogP contribution >= 0.6 is 0 Å². The fraction of sp³-hybridized carbons (Fsp3) is 0.917. The molecular formula is C12H20N2O. The minimum absolute atomic E-state index is 0.386. The zero-order valence-electron chi connectivity index (χ0n) is 9.48. The standard InChI is InChI=1S/C12H20N2O/c1-13-7-10-3-4-11(8-13)14(10)6-9-2-5-12(9)15/h9-11H,2-8H2,1H3. The lowest BCUT2D eigenvalue weighted by Gasteiger charge is -2.42. The van der Waals surface area contributed by atoms with Crippen molar-refractivity contribution in [3.63, 3.8) is 0 Å². The quantitative estimate of drug-likeness (QED) is 0.669. The van der Waals surface area contributed by atoms with Crippen LogP contribution in [0.1, 0.15) is 25.7 Å². The monoisotopic (exact) mass is 208 g/mol. The molecule has 1 aliphatic carbocycles. The summed E-state index contributed by atoms with van der Waals surface area (Å²) in [6, 6.07) is 1.48. The van der Waals surface area contributed by atoms with Crippen LogP contribution in [-0.2, 0) is 4.79 Å². The lowest BCUT2D eigenvalue weighted by Crippen LogP contribution is -2.54.